The van der Waals surface area contributed by atoms with Crippen LogP contribution >= 0.6 is 7.60 Å². The number of hydrogen-bond donors (Lipinski definition) is 2. The van der Waals surface area contributed by atoms with Crippen molar-refractivity contribution in [2.45, 2.75) is 83.1 Å². The number of aliphatic hydroxyl groups excluding tert-OH is 1. The van der Waals surface area contributed by atoms with Gasteiger partial charge in [-0.15, -0.1) is 0 Å². The molecule has 1 aromatic rings. The van der Waals surface area contributed by atoms with Gasteiger partial charge in [-0.25, -0.2) is 0 Å². The molecule has 0 aromatic carbocycles. The molecule has 1 aromatic heterocycles. The second-order valence-corrected chi connectivity index (χ2v) is 14.9. The van der Waals surface area contributed by atoms with Crippen LogP contribution in [0, 0.1) is 5.92 Å². The minimum atomic E-state index is -3.83. The van der Waals surface area contributed by atoms with Gasteiger partial charge in [0.25, 0.3) is 0 Å². The highest BCUT2D eigenvalue weighted by Crippen LogP contribution is 2.52. The van der Waals surface area contributed by atoms with E-state index in [0.29, 0.717) is 25.3 Å². The molecule has 1 heterocycles. The molecule has 2 N–H and O–H groups in total. The van der Waals surface area contributed by atoms with Gasteiger partial charge in [0.15, 0.2) is 14.4 Å². The Labute approximate surface area is 217 Å². The van der Waals surface area contributed by atoms with E-state index in [1.54, 1.807) is 38.2 Å². The molecule has 1 fully saturated rings. The van der Waals surface area contributed by atoms with Crippen LogP contribution in [0.5, 0.6) is 0 Å². The van der Waals surface area contributed by atoms with Crippen LogP contribution in [0.2, 0.25) is 6.04 Å². The highest BCUT2D eigenvalue weighted by atomic mass is 31.2. The molecule has 0 aliphatic heterocycles. The van der Waals surface area contributed by atoms with E-state index in [9.17, 15) is 19.3 Å². The number of pyridine rings is 1. The second-order valence-electron chi connectivity index (χ2n) is 9.47. The van der Waals surface area contributed by atoms with Crippen LogP contribution in [0.3, 0.4) is 0 Å². The normalized spacial score (nSPS) is 16.3. The van der Waals surface area contributed by atoms with Crippen molar-refractivity contribution in [3.63, 3.8) is 0 Å². The predicted octanol–water partition coefficient (Wildman–Crippen LogP) is 3.80. The van der Waals surface area contributed by atoms with E-state index in [4.69, 9.17) is 9.05 Å². The fourth-order valence-electron chi connectivity index (χ4n) is 4.60. The maximum absolute atomic E-state index is 13.3. The fourth-order valence-corrected chi connectivity index (χ4v) is 10.4. The van der Waals surface area contributed by atoms with E-state index >= 15 is 0 Å². The number of carbonyl (C=O) groups is 2. The van der Waals surface area contributed by atoms with Gasteiger partial charge in [-0.05, 0) is 56.3 Å². The Morgan fingerprint density at radius 1 is 1.17 bits per heavy atom. The molecule has 0 radical (unpaired) electrons. The molecule has 0 bridgehead atoms. The van der Waals surface area contributed by atoms with E-state index in [1.807, 2.05) is 12.1 Å². The van der Waals surface area contributed by atoms with Crippen LogP contribution in [0.1, 0.15) is 70.8 Å². The lowest BCUT2D eigenvalue weighted by atomic mass is 9.86. The molecule has 36 heavy (non-hydrogen) atoms. The smallest absolute Gasteiger partial charge is 0.357 e. The second kappa shape index (κ2) is 16.3. The summed E-state index contributed by atoms with van der Waals surface area (Å²) in [4.78, 5) is 34.3. The molecule has 9 nitrogen and oxygen atoms in total. The van der Waals surface area contributed by atoms with Gasteiger partial charge in [-0.1, -0.05) is 32.1 Å². The summed E-state index contributed by atoms with van der Waals surface area (Å²) >= 11 is 0. The lowest BCUT2D eigenvalue weighted by Gasteiger charge is -2.29. The van der Waals surface area contributed by atoms with Gasteiger partial charge in [0, 0.05) is 38.8 Å². The van der Waals surface area contributed by atoms with Crippen molar-refractivity contribution < 1.29 is 28.3 Å². The summed E-state index contributed by atoms with van der Waals surface area (Å²) in [6, 6.07) is 4.10. The van der Waals surface area contributed by atoms with Crippen LogP contribution < -0.4 is 4.98 Å². The Morgan fingerprint density at radius 2 is 1.81 bits per heavy atom. The third-order valence-electron chi connectivity index (χ3n) is 6.73. The zero-order chi connectivity index (χ0) is 26.4. The number of likely N-dealkylation sites (N-methyl/N-ethyl adjacent to an activating group) is 1. The zero-order valence-corrected chi connectivity index (χ0v) is 24.1. The van der Waals surface area contributed by atoms with E-state index < -0.39 is 22.0 Å². The van der Waals surface area contributed by atoms with Crippen molar-refractivity contribution in [1.29, 1.82) is 0 Å². The molecule has 11 heteroatoms. The molecule has 2 amide bonds. The van der Waals surface area contributed by atoms with E-state index in [2.05, 4.69) is 9.97 Å². The molecule has 1 unspecified atom stereocenters. The number of hydrogen-bond acceptors (Lipinski definition) is 7. The summed E-state index contributed by atoms with van der Waals surface area (Å²) in [6.45, 7) is 4.13. The Hall–Kier alpha value is -1.58. The number of amides is 2. The molecule has 2 atom stereocenters. The van der Waals surface area contributed by atoms with Crippen LogP contribution in [0.15, 0.2) is 24.5 Å². The van der Waals surface area contributed by atoms with Crippen LogP contribution in [-0.4, -0.2) is 68.0 Å². The van der Waals surface area contributed by atoms with Crippen molar-refractivity contribution in [1.82, 2.24) is 14.9 Å². The van der Waals surface area contributed by atoms with Gasteiger partial charge in [0.05, 0.1) is 13.2 Å². The molecule has 0 spiro atoms. The highest BCUT2D eigenvalue weighted by Gasteiger charge is 2.42. The van der Waals surface area contributed by atoms with Crippen molar-refractivity contribution in [2.75, 3.05) is 26.8 Å². The Kier molecular flexibility index (Phi) is 13.9. The molecular weight excluding hydrogens is 497 g/mol. The summed E-state index contributed by atoms with van der Waals surface area (Å²) < 4.78 is 24.0. The van der Waals surface area contributed by atoms with Crippen molar-refractivity contribution in [2.24, 2.45) is 5.92 Å². The third-order valence-corrected chi connectivity index (χ3v) is 13.1. The van der Waals surface area contributed by atoms with Crippen molar-refractivity contribution in [3.8, 4) is 0 Å². The Bertz CT molecular complexity index is 830. The van der Waals surface area contributed by atoms with Crippen LogP contribution in [0.25, 0.3) is 0 Å². The minimum Gasteiger partial charge on any atom is -0.382 e. The number of carbonyl (C=O) groups excluding carboxylic acids is 2. The lowest BCUT2D eigenvalue weighted by molar-refractivity contribution is -0.129. The van der Waals surface area contributed by atoms with Gasteiger partial charge >= 0.3 is 7.60 Å². The van der Waals surface area contributed by atoms with Gasteiger partial charge < -0.3 is 24.0 Å². The SMILES string of the molecule is CCOP(=O)(OCC)C(O)[Si@H](CCC(=O)N(C)CCc1ccncc1)NC(=O)CCC1CCCCC1. The van der Waals surface area contributed by atoms with Gasteiger partial charge in [0.1, 0.15) is 0 Å². The lowest BCUT2D eigenvalue weighted by Crippen LogP contribution is -2.49. The third kappa shape index (κ3) is 10.4. The molecule has 2 rings (SSSR count). The first-order chi connectivity index (χ1) is 17.3. The van der Waals surface area contributed by atoms with Crippen molar-refractivity contribution in [3.05, 3.63) is 30.1 Å². The Morgan fingerprint density at radius 3 is 2.42 bits per heavy atom. The van der Waals surface area contributed by atoms with E-state index in [1.165, 1.54) is 19.3 Å². The number of rotatable bonds is 16. The number of nitrogens with one attached hydrogen (secondary N) is 1. The fraction of sp³-hybridized carbons (Fsp3) is 0.720. The topological polar surface area (TPSA) is 118 Å². The largest absolute Gasteiger partial charge is 0.382 e. The minimum absolute atomic E-state index is 0.0899. The molecule has 1 aliphatic rings. The standard InChI is InChI=1S/C25H44N3O6PSi/c1-4-33-35(32,34-5-2)25(31)36(27-23(29)12-11-21-9-7-6-8-10-21)20-16-24(30)28(3)19-15-22-13-17-26-18-14-22/h13-14,17-18,21,25,31,36H,4-12,15-16,19-20H2,1-3H3,(H,27,29)/t25?,36-/m0/s1. The predicted molar refractivity (Wildman–Crippen MR) is 143 cm³/mol. The van der Waals surface area contributed by atoms with Gasteiger partial charge in [-0.3, -0.25) is 19.1 Å². The summed E-state index contributed by atoms with van der Waals surface area (Å²) in [7, 11) is -4.73. The molecule has 1 saturated carbocycles. The number of aromatic nitrogens is 1. The van der Waals surface area contributed by atoms with Gasteiger partial charge in [-0.2, -0.15) is 0 Å². The summed E-state index contributed by atoms with van der Waals surface area (Å²) in [6.07, 6.45) is 11.5. The summed E-state index contributed by atoms with van der Waals surface area (Å²) in [5.74, 6) is 0.310. The monoisotopic (exact) mass is 541 g/mol. The van der Waals surface area contributed by atoms with Crippen molar-refractivity contribution >= 4 is 28.4 Å². The van der Waals surface area contributed by atoms with Crippen LogP contribution in [0.4, 0.5) is 0 Å². The molecule has 0 saturated heterocycles. The maximum Gasteiger partial charge on any atom is 0.357 e. The number of nitrogens with zero attached hydrogens (tertiary/aromatic N) is 2. The summed E-state index contributed by atoms with van der Waals surface area (Å²) in [5.41, 5.74) is -0.335. The first-order valence-electron chi connectivity index (χ1n) is 13.3. The Balaban J connectivity index is 1.99. The molecule has 204 valence electrons. The molecule has 1 aliphatic carbocycles. The van der Waals surface area contributed by atoms with Gasteiger partial charge in [0.2, 0.25) is 11.8 Å². The molecular formula is C25H44N3O6PSi. The first kappa shape index (κ1) is 30.6. The van der Waals surface area contributed by atoms with E-state index in [0.717, 1.165) is 24.8 Å². The van der Waals surface area contributed by atoms with E-state index in [-0.39, 0.29) is 37.5 Å². The first-order valence-corrected chi connectivity index (χ1v) is 16.9. The van der Waals surface area contributed by atoms with Crippen LogP contribution in [-0.2, 0) is 29.6 Å². The summed E-state index contributed by atoms with van der Waals surface area (Å²) in [5, 5.41) is 11.1. The quantitative estimate of drug-likeness (QED) is 0.241. The number of aliphatic hydroxyl groups is 1. The average Bonchev–Trinajstić information content (AvgIpc) is 2.89. The average molecular weight is 542 g/mol. The zero-order valence-electron chi connectivity index (χ0n) is 22.1. The maximum atomic E-state index is 13.3. The highest BCUT2D eigenvalue weighted by molar-refractivity contribution is 7.57.